The van der Waals surface area contributed by atoms with Crippen LogP contribution in [0.4, 0.5) is 5.69 Å². The molecule has 0 radical (unpaired) electrons. The Hall–Kier alpha value is -2.62. The lowest BCUT2D eigenvalue weighted by Gasteiger charge is -2.17. The molecular formula is C19H20N2O2. The van der Waals surface area contributed by atoms with Crippen LogP contribution in [-0.2, 0) is 16.1 Å². The van der Waals surface area contributed by atoms with Crippen molar-refractivity contribution in [3.63, 3.8) is 0 Å². The number of amides is 2. The molecule has 3 rings (SSSR count). The lowest BCUT2D eigenvalue weighted by molar-refractivity contribution is -0.128. The molecule has 0 saturated carbocycles. The Kier molecular flexibility index (Phi) is 4.42. The van der Waals surface area contributed by atoms with Crippen molar-refractivity contribution in [2.24, 2.45) is 5.92 Å². The molecule has 2 aromatic carbocycles. The first-order valence-corrected chi connectivity index (χ1v) is 7.81. The van der Waals surface area contributed by atoms with E-state index in [-0.39, 0.29) is 24.2 Å². The molecule has 2 amide bonds. The molecule has 0 bridgehead atoms. The summed E-state index contributed by atoms with van der Waals surface area (Å²) in [5.74, 6) is -0.326. The van der Waals surface area contributed by atoms with Crippen molar-refractivity contribution in [3.05, 3.63) is 65.7 Å². The second-order valence-corrected chi connectivity index (χ2v) is 5.97. The molecule has 1 aliphatic heterocycles. The summed E-state index contributed by atoms with van der Waals surface area (Å²) >= 11 is 0. The van der Waals surface area contributed by atoms with Crippen molar-refractivity contribution in [3.8, 4) is 0 Å². The Morgan fingerprint density at radius 1 is 1.13 bits per heavy atom. The summed E-state index contributed by atoms with van der Waals surface area (Å²) in [6.07, 6.45) is 0.282. The highest BCUT2D eigenvalue weighted by atomic mass is 16.2. The van der Waals surface area contributed by atoms with Gasteiger partial charge in [0.2, 0.25) is 11.8 Å². The largest absolute Gasteiger partial charge is 0.338 e. The smallest absolute Gasteiger partial charge is 0.229 e. The third-order valence-corrected chi connectivity index (χ3v) is 4.20. The summed E-state index contributed by atoms with van der Waals surface area (Å²) in [7, 11) is 0. The highest BCUT2D eigenvalue weighted by Crippen LogP contribution is 2.22. The SMILES string of the molecule is Cc1ccccc1NC(=O)[C@H]1CC(=O)N(Cc2ccccc2)C1. The highest BCUT2D eigenvalue weighted by molar-refractivity contribution is 5.97. The minimum atomic E-state index is -0.286. The lowest BCUT2D eigenvalue weighted by atomic mass is 10.1. The molecule has 0 aromatic heterocycles. The van der Waals surface area contributed by atoms with Crippen LogP contribution >= 0.6 is 0 Å². The van der Waals surface area contributed by atoms with Crippen molar-refractivity contribution in [2.75, 3.05) is 11.9 Å². The third-order valence-electron chi connectivity index (χ3n) is 4.20. The molecule has 4 nitrogen and oxygen atoms in total. The van der Waals surface area contributed by atoms with E-state index in [0.29, 0.717) is 13.1 Å². The van der Waals surface area contributed by atoms with Gasteiger partial charge in [-0.25, -0.2) is 0 Å². The molecule has 0 spiro atoms. The lowest BCUT2D eigenvalue weighted by Crippen LogP contribution is -2.28. The van der Waals surface area contributed by atoms with Gasteiger partial charge >= 0.3 is 0 Å². The van der Waals surface area contributed by atoms with Gasteiger partial charge in [-0.3, -0.25) is 9.59 Å². The monoisotopic (exact) mass is 308 g/mol. The van der Waals surface area contributed by atoms with E-state index in [1.165, 1.54) is 0 Å². The summed E-state index contributed by atoms with van der Waals surface area (Å²) in [5.41, 5.74) is 2.92. The van der Waals surface area contributed by atoms with Crippen LogP contribution in [0.2, 0.25) is 0 Å². The van der Waals surface area contributed by atoms with Gasteiger partial charge in [0.25, 0.3) is 0 Å². The predicted octanol–water partition coefficient (Wildman–Crippen LogP) is 2.98. The summed E-state index contributed by atoms with van der Waals surface area (Å²) < 4.78 is 0. The number of carbonyl (C=O) groups is 2. The number of rotatable bonds is 4. The standard InChI is InChI=1S/C19H20N2O2/c1-14-7-5-6-10-17(14)20-19(23)16-11-18(22)21(13-16)12-15-8-3-2-4-9-15/h2-10,16H,11-13H2,1H3,(H,20,23)/t16-/m0/s1. The maximum atomic E-state index is 12.4. The van der Waals surface area contributed by atoms with Gasteiger partial charge in [0.05, 0.1) is 5.92 Å². The molecule has 23 heavy (non-hydrogen) atoms. The molecule has 1 saturated heterocycles. The molecule has 1 N–H and O–H groups in total. The molecule has 1 heterocycles. The average Bonchev–Trinajstić information content (AvgIpc) is 2.92. The van der Waals surface area contributed by atoms with Crippen LogP contribution in [0.1, 0.15) is 17.5 Å². The zero-order chi connectivity index (χ0) is 16.2. The first-order chi connectivity index (χ1) is 11.1. The van der Waals surface area contributed by atoms with Crippen molar-refractivity contribution in [1.29, 1.82) is 0 Å². The van der Waals surface area contributed by atoms with Crippen LogP contribution in [0.5, 0.6) is 0 Å². The van der Waals surface area contributed by atoms with E-state index in [1.807, 2.05) is 61.5 Å². The summed E-state index contributed by atoms with van der Waals surface area (Å²) in [5, 5.41) is 2.94. The maximum absolute atomic E-state index is 12.4. The van der Waals surface area contributed by atoms with E-state index in [9.17, 15) is 9.59 Å². The number of carbonyl (C=O) groups excluding carboxylic acids is 2. The number of nitrogens with one attached hydrogen (secondary N) is 1. The zero-order valence-electron chi connectivity index (χ0n) is 13.2. The van der Waals surface area contributed by atoms with Crippen LogP contribution in [0, 0.1) is 12.8 Å². The number of hydrogen-bond acceptors (Lipinski definition) is 2. The van der Waals surface area contributed by atoms with Crippen LogP contribution in [0.25, 0.3) is 0 Å². The quantitative estimate of drug-likeness (QED) is 0.944. The first-order valence-electron chi connectivity index (χ1n) is 7.81. The van der Waals surface area contributed by atoms with Crippen LogP contribution in [0.3, 0.4) is 0 Å². The first kappa shape index (κ1) is 15.3. The van der Waals surface area contributed by atoms with Crippen molar-refractivity contribution < 1.29 is 9.59 Å². The van der Waals surface area contributed by atoms with Crippen molar-refractivity contribution in [2.45, 2.75) is 19.9 Å². The van der Waals surface area contributed by atoms with Crippen molar-refractivity contribution in [1.82, 2.24) is 4.90 Å². The molecule has 1 fully saturated rings. The van der Waals surface area contributed by atoms with E-state index in [0.717, 1.165) is 16.8 Å². The van der Waals surface area contributed by atoms with Gasteiger partial charge in [-0.05, 0) is 24.1 Å². The summed E-state index contributed by atoms with van der Waals surface area (Å²) in [4.78, 5) is 26.3. The molecule has 118 valence electrons. The molecular weight excluding hydrogens is 288 g/mol. The minimum absolute atomic E-state index is 0.0405. The van der Waals surface area contributed by atoms with E-state index in [1.54, 1.807) is 4.90 Å². The Balaban J connectivity index is 1.63. The van der Waals surface area contributed by atoms with Crippen LogP contribution < -0.4 is 5.32 Å². The van der Waals surface area contributed by atoms with Gasteiger partial charge in [-0.15, -0.1) is 0 Å². The fourth-order valence-corrected chi connectivity index (χ4v) is 2.85. The fourth-order valence-electron chi connectivity index (χ4n) is 2.85. The molecule has 1 aliphatic rings. The second-order valence-electron chi connectivity index (χ2n) is 5.97. The average molecular weight is 308 g/mol. The Morgan fingerprint density at radius 2 is 1.83 bits per heavy atom. The van der Waals surface area contributed by atoms with E-state index >= 15 is 0 Å². The summed E-state index contributed by atoms with van der Waals surface area (Å²) in [6, 6.07) is 17.5. The number of benzene rings is 2. The number of nitrogens with zero attached hydrogens (tertiary/aromatic N) is 1. The number of likely N-dealkylation sites (tertiary alicyclic amines) is 1. The predicted molar refractivity (Wildman–Crippen MR) is 89.8 cm³/mol. The van der Waals surface area contributed by atoms with Gasteiger partial charge in [0.1, 0.15) is 0 Å². The van der Waals surface area contributed by atoms with E-state index in [4.69, 9.17) is 0 Å². The van der Waals surface area contributed by atoms with Gasteiger partial charge in [0.15, 0.2) is 0 Å². The topological polar surface area (TPSA) is 49.4 Å². The Bertz CT molecular complexity index is 712. The van der Waals surface area contributed by atoms with Crippen LogP contribution in [0.15, 0.2) is 54.6 Å². The minimum Gasteiger partial charge on any atom is -0.338 e. The molecule has 0 aliphatic carbocycles. The maximum Gasteiger partial charge on any atom is 0.229 e. The Morgan fingerprint density at radius 3 is 2.57 bits per heavy atom. The molecule has 0 unspecified atom stereocenters. The number of anilines is 1. The Labute approximate surface area is 136 Å². The van der Waals surface area contributed by atoms with E-state index < -0.39 is 0 Å². The fraction of sp³-hybridized carbons (Fsp3) is 0.263. The number of aryl methyl sites for hydroxylation is 1. The van der Waals surface area contributed by atoms with E-state index in [2.05, 4.69) is 5.32 Å². The van der Waals surface area contributed by atoms with Crippen molar-refractivity contribution >= 4 is 17.5 Å². The second kappa shape index (κ2) is 6.65. The van der Waals surface area contributed by atoms with Gasteiger partial charge in [-0.2, -0.15) is 0 Å². The zero-order valence-corrected chi connectivity index (χ0v) is 13.2. The summed E-state index contributed by atoms with van der Waals surface area (Å²) in [6.45, 7) is 3.00. The van der Waals surface area contributed by atoms with Gasteiger partial charge < -0.3 is 10.2 Å². The molecule has 2 aromatic rings. The molecule has 4 heteroatoms. The number of hydrogen-bond donors (Lipinski definition) is 1. The van der Waals surface area contributed by atoms with Gasteiger partial charge in [-0.1, -0.05) is 48.5 Å². The van der Waals surface area contributed by atoms with Gasteiger partial charge in [0, 0.05) is 25.2 Å². The van der Waals surface area contributed by atoms with Crippen LogP contribution in [-0.4, -0.2) is 23.3 Å². The number of para-hydroxylation sites is 1. The normalized spacial score (nSPS) is 17.3. The third kappa shape index (κ3) is 3.59. The highest BCUT2D eigenvalue weighted by Gasteiger charge is 2.34. The molecule has 1 atom stereocenters.